The molecular weight excluding hydrogens is 1670 g/mol. The highest BCUT2D eigenvalue weighted by atomic mass is 16.8. The van der Waals surface area contributed by atoms with Crippen molar-refractivity contribution in [2.75, 3.05) is 79.2 Å². The highest BCUT2D eigenvalue weighted by Crippen LogP contribution is 2.42. The van der Waals surface area contributed by atoms with Crippen LogP contribution < -0.4 is 5.73 Å². The topological polar surface area (TPSA) is 838 Å². The van der Waals surface area contributed by atoms with Crippen molar-refractivity contribution in [2.45, 2.75) is 358 Å². The summed E-state index contributed by atoms with van der Waals surface area (Å²) >= 11 is 0. The molecular formula is C70H123NO51. The summed E-state index contributed by atoms with van der Waals surface area (Å²) in [6.07, 6.45) is -101. The Kier molecular flexibility index (Phi) is 39.2. The van der Waals surface area contributed by atoms with E-state index in [9.17, 15) is 158 Å². The van der Waals surface area contributed by atoms with E-state index < -0.39 is 373 Å². The fourth-order valence-corrected chi connectivity index (χ4v) is 16.0. The third-order valence-corrected chi connectivity index (χ3v) is 23.3. The Morgan fingerprint density at radius 1 is 0.164 bits per heavy atom. The normalized spacial score (nSPS) is 50.0. The molecule has 20 unspecified atom stereocenters. The maximum absolute atomic E-state index is 12.2. The van der Waals surface area contributed by atoms with Crippen LogP contribution in [0.15, 0.2) is 0 Å². The molecule has 52 nitrogen and oxygen atoms in total. The number of hydrogen-bond donors (Lipinski definition) is 32. The van der Waals surface area contributed by atoms with Gasteiger partial charge in [0.15, 0.2) is 62.9 Å². The van der Waals surface area contributed by atoms with Gasteiger partial charge in [0.05, 0.1) is 66.1 Å². The number of aliphatic hydroxyl groups is 31. The van der Waals surface area contributed by atoms with Crippen molar-refractivity contribution in [1.82, 2.24) is 0 Å². The molecule has 0 aromatic carbocycles. The van der Waals surface area contributed by atoms with Crippen LogP contribution in [0.25, 0.3) is 0 Å². The van der Waals surface area contributed by atoms with Crippen LogP contribution in [0, 0.1) is 0 Å². The molecule has 122 heavy (non-hydrogen) atoms. The van der Waals surface area contributed by atoms with Gasteiger partial charge in [0.2, 0.25) is 0 Å². The SMILES string of the molecule is NCCCCCCCCCCO[C@H]1OC(CO)[C@@H](O)[C@H](O[C@H]2OC(CO)[C@@H](O)[C@H](O[C@H]3OC(CO)[C@@H](O)[C@H](O)C3O[C@H]3OC(CO)[C@@H](O)[C@H](O)C3O[C@H]3OC(CO)[C@@H](O)[C@H](O)C3O[C@H]3OC(CO)[C@@H](O)[C@H](O[C@H]4OC(CO)[C@@H](O)[C@H](O[C@H]5OC(CO)[C@@H](O)[C@H](O)C5O[C@H]5OC(CO)[C@@H](O)[C@H](O)C5O[C@H]5OC(CO)[C@@H](O)[C@H](O)C5O)C4O)C3O)C2O)C1O. The van der Waals surface area contributed by atoms with E-state index >= 15 is 0 Å². The minimum absolute atomic E-state index is 0.0322. The van der Waals surface area contributed by atoms with Crippen LogP contribution >= 0.6 is 0 Å². The number of unbranched alkanes of at least 4 members (excludes halogenated alkanes) is 7. The number of aliphatic hydroxyl groups excluding tert-OH is 31. The predicted molar refractivity (Wildman–Crippen MR) is 379 cm³/mol. The lowest BCUT2D eigenvalue weighted by atomic mass is 9.95. The molecule has 10 saturated heterocycles. The van der Waals surface area contributed by atoms with Crippen LogP contribution in [-0.2, 0) is 94.7 Å². The van der Waals surface area contributed by atoms with E-state index in [1.165, 1.54) is 0 Å². The average Bonchev–Trinajstić information content (AvgIpc) is 0.766. The Balaban J connectivity index is 0.871. The fraction of sp³-hybridized carbons (Fsp3) is 1.00. The molecule has 0 aromatic rings. The largest absolute Gasteiger partial charge is 0.394 e. The van der Waals surface area contributed by atoms with Gasteiger partial charge in [-0.05, 0) is 19.4 Å². The molecule has 0 spiro atoms. The highest BCUT2D eigenvalue weighted by Gasteiger charge is 2.62. The third kappa shape index (κ3) is 22.8. The van der Waals surface area contributed by atoms with E-state index in [1.807, 2.05) is 0 Å². The molecule has 50 atom stereocenters. The molecule has 33 N–H and O–H groups in total. The maximum Gasteiger partial charge on any atom is 0.187 e. The smallest absolute Gasteiger partial charge is 0.187 e. The summed E-state index contributed by atoms with van der Waals surface area (Å²) in [5, 5.41) is 345. The summed E-state index contributed by atoms with van der Waals surface area (Å²) in [7, 11) is 0. The van der Waals surface area contributed by atoms with Gasteiger partial charge in [-0.15, -0.1) is 0 Å². The van der Waals surface area contributed by atoms with Crippen LogP contribution in [0.4, 0.5) is 0 Å². The molecule has 10 rings (SSSR count). The van der Waals surface area contributed by atoms with Gasteiger partial charge in [0, 0.05) is 6.61 Å². The molecule has 10 aliphatic rings. The Morgan fingerprint density at radius 2 is 0.336 bits per heavy atom. The molecule has 0 radical (unpaired) electrons. The van der Waals surface area contributed by atoms with Crippen LogP contribution in [0.1, 0.15) is 51.4 Å². The van der Waals surface area contributed by atoms with E-state index in [0.717, 1.165) is 44.9 Å². The van der Waals surface area contributed by atoms with Crippen molar-refractivity contribution in [1.29, 1.82) is 0 Å². The van der Waals surface area contributed by atoms with Gasteiger partial charge in [-0.2, -0.15) is 0 Å². The van der Waals surface area contributed by atoms with Crippen LogP contribution in [0.3, 0.4) is 0 Å². The van der Waals surface area contributed by atoms with E-state index in [-0.39, 0.29) is 6.61 Å². The lowest BCUT2D eigenvalue weighted by molar-refractivity contribution is -0.417. The highest BCUT2D eigenvalue weighted by molar-refractivity contribution is 5.04. The first-order valence-corrected chi connectivity index (χ1v) is 40.4. The Bertz CT molecular complexity index is 3000. The lowest BCUT2D eigenvalue weighted by Crippen LogP contribution is -2.69. The molecule has 0 bridgehead atoms. The third-order valence-electron chi connectivity index (χ3n) is 23.3. The van der Waals surface area contributed by atoms with Crippen molar-refractivity contribution in [3.8, 4) is 0 Å². The molecule has 0 aliphatic carbocycles. The molecule has 10 fully saturated rings. The van der Waals surface area contributed by atoms with E-state index in [0.29, 0.717) is 13.0 Å². The van der Waals surface area contributed by atoms with Crippen molar-refractivity contribution in [3.05, 3.63) is 0 Å². The van der Waals surface area contributed by atoms with E-state index in [1.54, 1.807) is 0 Å². The Morgan fingerprint density at radius 3 is 0.582 bits per heavy atom. The first-order valence-electron chi connectivity index (χ1n) is 40.4. The molecule has 0 amide bonds. The minimum atomic E-state index is -2.55. The zero-order valence-corrected chi connectivity index (χ0v) is 65.6. The zero-order valence-electron chi connectivity index (χ0n) is 65.6. The fourth-order valence-electron chi connectivity index (χ4n) is 16.0. The second-order valence-electron chi connectivity index (χ2n) is 31.5. The second-order valence-corrected chi connectivity index (χ2v) is 31.5. The summed E-state index contributed by atoms with van der Waals surface area (Å²) < 4.78 is 117. The van der Waals surface area contributed by atoms with Crippen LogP contribution in [0.5, 0.6) is 0 Å². The summed E-state index contributed by atoms with van der Waals surface area (Å²) in [5.74, 6) is 0. The lowest BCUT2D eigenvalue weighted by Gasteiger charge is -2.51. The Hall–Kier alpha value is -2.08. The quantitative estimate of drug-likeness (QED) is 0.0254. The molecule has 10 aliphatic heterocycles. The monoisotopic (exact) mass is 1790 g/mol. The minimum Gasteiger partial charge on any atom is -0.394 e. The second kappa shape index (κ2) is 46.8. The molecule has 10 heterocycles. The van der Waals surface area contributed by atoms with Gasteiger partial charge < -0.3 is 259 Å². The number of rotatable bonds is 39. The average molecular weight is 1790 g/mol. The van der Waals surface area contributed by atoms with Crippen LogP contribution in [-0.4, -0.2) is 545 Å². The zero-order chi connectivity index (χ0) is 89.2. The van der Waals surface area contributed by atoms with Crippen molar-refractivity contribution < 1.29 is 253 Å². The molecule has 0 saturated carbocycles. The summed E-state index contributed by atoms with van der Waals surface area (Å²) in [5.41, 5.74) is 5.58. The number of nitrogens with two attached hydrogens (primary N) is 1. The van der Waals surface area contributed by atoms with Gasteiger partial charge in [-0.25, -0.2) is 0 Å². The van der Waals surface area contributed by atoms with Gasteiger partial charge >= 0.3 is 0 Å². The van der Waals surface area contributed by atoms with E-state index in [2.05, 4.69) is 0 Å². The summed E-state index contributed by atoms with van der Waals surface area (Å²) in [6, 6.07) is 0. The first kappa shape index (κ1) is 102. The van der Waals surface area contributed by atoms with Crippen molar-refractivity contribution in [2.24, 2.45) is 5.73 Å². The van der Waals surface area contributed by atoms with E-state index in [4.69, 9.17) is 100 Å². The van der Waals surface area contributed by atoms with Gasteiger partial charge in [0.25, 0.3) is 0 Å². The van der Waals surface area contributed by atoms with Gasteiger partial charge in [0.1, 0.15) is 244 Å². The number of hydrogen-bond acceptors (Lipinski definition) is 52. The predicted octanol–water partition coefficient (Wildman–Crippen LogP) is -19.7. The van der Waals surface area contributed by atoms with Crippen LogP contribution in [0.2, 0.25) is 0 Å². The Labute approximate surface area is 694 Å². The molecule has 52 heteroatoms. The van der Waals surface area contributed by atoms with Crippen molar-refractivity contribution >= 4 is 0 Å². The van der Waals surface area contributed by atoms with Crippen molar-refractivity contribution in [3.63, 3.8) is 0 Å². The first-order chi connectivity index (χ1) is 58.2. The molecule has 0 aromatic heterocycles. The summed E-state index contributed by atoms with van der Waals surface area (Å²) in [4.78, 5) is 0. The van der Waals surface area contributed by atoms with Gasteiger partial charge in [-0.1, -0.05) is 38.5 Å². The number of ether oxygens (including phenoxy) is 20. The summed E-state index contributed by atoms with van der Waals surface area (Å²) in [6.45, 7) is -10.4. The maximum atomic E-state index is 12.2. The standard InChI is InChI=1S/C70H123NO51/c71-9-7-5-3-1-2-4-6-8-10-103-61-48(99)52(37(88)27(17-78)104-61)114-63-50(101)54(39(90)29(19-80)106-63)116-67-59(45(96)35(86)23(13-74)110-67)121-70-60(46(97)36(87)26(16-77)113-70)122-69-57(43(94)33(84)25(15-76)112-69)119-65-49(100)53(38(89)28(18-79)108-65)115-64-51(102)55(40(91)30(20-81)107-64)117-66-58(44(95)34(85)22(12-73)109-66)120-68-56(42(93)32(83)24(14-75)111-68)118-62-47(98)41(92)31(82)21(11-72)105-62/h21-70,72-102H,1-20,71H2/t21?,22?,23?,24?,25?,26?,27?,28?,29?,30?,31-,32-,33-,34-,35-,36-,37-,38-,39-,40-,41+,42+,43+,44+,45+,46+,47?,48?,49?,50?,51?,52+,53+,54+,55+,56?,57?,58?,59?,60?,61+,62-,63-,64-,65-,66-,67-,68-,69-,70-/m1/s1. The van der Waals surface area contributed by atoms with Gasteiger partial charge in [-0.3, -0.25) is 0 Å². The molecule has 714 valence electrons.